The first-order valence-corrected chi connectivity index (χ1v) is 4.20. The molecule has 0 unspecified atom stereocenters. The number of hydrogen-bond donors (Lipinski definition) is 0. The molecule has 0 fully saturated rings. The van der Waals surface area contributed by atoms with Crippen molar-refractivity contribution in [3.8, 4) is 11.5 Å². The average molecular weight is 237 g/mol. The Morgan fingerprint density at radius 1 is 1.20 bits per heavy atom. The molecule has 0 aliphatic heterocycles. The van der Waals surface area contributed by atoms with Crippen LogP contribution in [0.2, 0.25) is 0 Å². The van der Waals surface area contributed by atoms with Gasteiger partial charge in [-0.1, -0.05) is 0 Å². The molecule has 0 aliphatic rings. The largest absolute Gasteiger partial charge is 0.494 e. The highest BCUT2D eigenvalue weighted by Gasteiger charge is 2.23. The fourth-order valence-corrected chi connectivity index (χ4v) is 1.22. The number of ether oxygens (including phenoxy) is 2. The van der Waals surface area contributed by atoms with Crippen LogP contribution in [0.25, 0.3) is 0 Å². The Balaban J connectivity index is 3.53. The molecular weight excluding hydrogens is 230 g/mol. The van der Waals surface area contributed by atoms with Crippen molar-refractivity contribution in [2.45, 2.75) is 0 Å². The molecule has 0 amide bonds. The number of benzene rings is 1. The first kappa shape index (κ1) is 11.7. The van der Waals surface area contributed by atoms with Gasteiger partial charge in [-0.25, -0.2) is 8.78 Å². The molecule has 1 aromatic carbocycles. The minimum atomic E-state index is -1.25. The quantitative estimate of drug-likeness (QED) is 0.756. The fraction of sp³-hybridized carbons (Fsp3) is 0.222. The van der Waals surface area contributed by atoms with E-state index in [0.29, 0.717) is 0 Å². The molecule has 0 N–H and O–H groups in total. The normalized spacial score (nSPS) is 9.93. The van der Waals surface area contributed by atoms with Gasteiger partial charge in [0.2, 0.25) is 0 Å². The van der Waals surface area contributed by atoms with Crippen molar-refractivity contribution in [3.63, 3.8) is 0 Å². The Morgan fingerprint density at radius 3 is 1.87 bits per heavy atom. The second kappa shape index (κ2) is 4.44. The Hall–Kier alpha value is -1.36. The summed E-state index contributed by atoms with van der Waals surface area (Å²) in [6.45, 7) is 0. The summed E-state index contributed by atoms with van der Waals surface area (Å²) in [5.74, 6) is -2.90. The van der Waals surface area contributed by atoms with Crippen molar-refractivity contribution in [1.82, 2.24) is 0 Å². The highest BCUT2D eigenvalue weighted by atomic mass is 35.5. The van der Waals surface area contributed by atoms with Crippen molar-refractivity contribution >= 4 is 16.8 Å². The molecule has 0 saturated carbocycles. The van der Waals surface area contributed by atoms with Gasteiger partial charge in [0.1, 0.15) is 5.56 Å². The van der Waals surface area contributed by atoms with Gasteiger partial charge in [-0.05, 0) is 11.6 Å². The third-order valence-electron chi connectivity index (χ3n) is 1.77. The first-order chi connectivity index (χ1) is 7.02. The summed E-state index contributed by atoms with van der Waals surface area (Å²) in [7, 11) is 2.36. The number of methoxy groups -OCH3 is 2. The van der Waals surface area contributed by atoms with E-state index < -0.39 is 22.4 Å². The van der Waals surface area contributed by atoms with E-state index in [1.807, 2.05) is 0 Å². The number of halogens is 3. The summed E-state index contributed by atoms with van der Waals surface area (Å²) in [5, 5.41) is -1.25. The molecule has 15 heavy (non-hydrogen) atoms. The molecule has 6 heteroatoms. The van der Waals surface area contributed by atoms with Crippen LogP contribution in [-0.2, 0) is 0 Å². The molecule has 3 nitrogen and oxygen atoms in total. The van der Waals surface area contributed by atoms with Crippen LogP contribution in [0.5, 0.6) is 11.5 Å². The van der Waals surface area contributed by atoms with E-state index in [1.54, 1.807) is 0 Å². The van der Waals surface area contributed by atoms with Crippen LogP contribution in [-0.4, -0.2) is 19.5 Å². The zero-order valence-corrected chi connectivity index (χ0v) is 8.69. The summed E-state index contributed by atoms with van der Waals surface area (Å²) >= 11 is 5.04. The summed E-state index contributed by atoms with van der Waals surface area (Å²) in [5.41, 5.74) is -0.882. The van der Waals surface area contributed by atoms with Gasteiger partial charge in [-0.15, -0.1) is 0 Å². The van der Waals surface area contributed by atoms with Crippen LogP contribution < -0.4 is 9.47 Å². The Kier molecular flexibility index (Phi) is 3.47. The van der Waals surface area contributed by atoms with Gasteiger partial charge in [0.25, 0.3) is 5.24 Å². The van der Waals surface area contributed by atoms with Crippen LogP contribution >= 0.6 is 11.6 Å². The first-order valence-electron chi connectivity index (χ1n) is 3.82. The maximum Gasteiger partial charge on any atom is 0.258 e. The number of carbonyl (C=O) groups is 1. The lowest BCUT2D eigenvalue weighted by molar-refractivity contribution is 0.107. The predicted molar refractivity (Wildman–Crippen MR) is 49.6 cm³/mol. The molecule has 0 aliphatic carbocycles. The van der Waals surface area contributed by atoms with Gasteiger partial charge < -0.3 is 9.47 Å². The highest BCUT2D eigenvalue weighted by molar-refractivity contribution is 6.67. The molecule has 0 heterocycles. The molecule has 0 spiro atoms. The Labute approximate surface area is 89.5 Å². The van der Waals surface area contributed by atoms with E-state index in [1.165, 1.54) is 14.2 Å². The molecular formula is C9H7ClF2O3. The standard InChI is InChI=1S/C9H7ClF2O3/c1-14-4-3-5(15-2)8(12)6(7(4)11)9(10)13/h3H,1-2H3. The van der Waals surface area contributed by atoms with Crippen molar-refractivity contribution in [3.05, 3.63) is 23.3 Å². The van der Waals surface area contributed by atoms with Crippen LogP contribution in [0, 0.1) is 11.6 Å². The van der Waals surface area contributed by atoms with E-state index in [2.05, 4.69) is 9.47 Å². The van der Waals surface area contributed by atoms with E-state index >= 15 is 0 Å². The van der Waals surface area contributed by atoms with Gasteiger partial charge in [-0.3, -0.25) is 4.79 Å². The van der Waals surface area contributed by atoms with Gasteiger partial charge in [0, 0.05) is 6.07 Å². The Morgan fingerprint density at radius 2 is 1.60 bits per heavy atom. The smallest absolute Gasteiger partial charge is 0.258 e. The molecule has 0 bridgehead atoms. The maximum absolute atomic E-state index is 13.4. The molecule has 0 aromatic heterocycles. The molecule has 0 radical (unpaired) electrons. The van der Waals surface area contributed by atoms with Crippen LogP contribution in [0.4, 0.5) is 8.78 Å². The van der Waals surface area contributed by atoms with E-state index in [9.17, 15) is 13.6 Å². The van der Waals surface area contributed by atoms with Crippen molar-refractivity contribution in [2.24, 2.45) is 0 Å². The number of hydrogen-bond acceptors (Lipinski definition) is 3. The van der Waals surface area contributed by atoms with Gasteiger partial charge in [-0.2, -0.15) is 0 Å². The van der Waals surface area contributed by atoms with E-state index in [4.69, 9.17) is 11.6 Å². The third kappa shape index (κ3) is 2.02. The number of rotatable bonds is 3. The average Bonchev–Trinajstić information content (AvgIpc) is 2.18. The van der Waals surface area contributed by atoms with Crippen molar-refractivity contribution in [2.75, 3.05) is 14.2 Å². The van der Waals surface area contributed by atoms with Gasteiger partial charge in [0.05, 0.1) is 14.2 Å². The second-order valence-corrected chi connectivity index (χ2v) is 2.90. The summed E-state index contributed by atoms with van der Waals surface area (Å²) in [6, 6.07) is 0.994. The lowest BCUT2D eigenvalue weighted by atomic mass is 10.2. The molecule has 1 aromatic rings. The lowest BCUT2D eigenvalue weighted by Crippen LogP contribution is -2.04. The topological polar surface area (TPSA) is 35.5 Å². The zero-order valence-electron chi connectivity index (χ0n) is 7.94. The van der Waals surface area contributed by atoms with Crippen LogP contribution in [0.15, 0.2) is 6.07 Å². The monoisotopic (exact) mass is 236 g/mol. The predicted octanol–water partition coefficient (Wildman–Crippen LogP) is 2.36. The van der Waals surface area contributed by atoms with Crippen LogP contribution in [0.3, 0.4) is 0 Å². The zero-order chi connectivity index (χ0) is 11.6. The molecule has 0 saturated heterocycles. The minimum absolute atomic E-state index is 0.308. The summed E-state index contributed by atoms with van der Waals surface area (Å²) < 4.78 is 36.0. The number of carbonyl (C=O) groups excluding carboxylic acids is 1. The SMILES string of the molecule is COc1cc(OC)c(F)c(C(=O)Cl)c1F. The van der Waals surface area contributed by atoms with Gasteiger partial charge in [0.15, 0.2) is 23.1 Å². The second-order valence-electron chi connectivity index (χ2n) is 2.56. The van der Waals surface area contributed by atoms with E-state index in [-0.39, 0.29) is 11.5 Å². The Bertz CT molecular complexity index is 379. The minimum Gasteiger partial charge on any atom is -0.494 e. The van der Waals surface area contributed by atoms with Gasteiger partial charge >= 0.3 is 0 Å². The van der Waals surface area contributed by atoms with Crippen molar-refractivity contribution in [1.29, 1.82) is 0 Å². The third-order valence-corrected chi connectivity index (χ3v) is 1.96. The van der Waals surface area contributed by atoms with Crippen molar-refractivity contribution < 1.29 is 23.0 Å². The summed E-state index contributed by atoms with van der Waals surface area (Å²) in [4.78, 5) is 10.8. The lowest BCUT2D eigenvalue weighted by Gasteiger charge is -2.09. The fourth-order valence-electron chi connectivity index (χ4n) is 1.06. The van der Waals surface area contributed by atoms with E-state index in [0.717, 1.165) is 6.07 Å². The highest BCUT2D eigenvalue weighted by Crippen LogP contribution is 2.31. The van der Waals surface area contributed by atoms with Crippen LogP contribution in [0.1, 0.15) is 10.4 Å². The maximum atomic E-state index is 13.4. The molecule has 1 rings (SSSR count). The summed E-state index contributed by atoms with van der Waals surface area (Å²) in [6.07, 6.45) is 0. The molecule has 82 valence electrons. The molecule has 0 atom stereocenters.